The van der Waals surface area contributed by atoms with Crippen LogP contribution < -0.4 is 0 Å². The van der Waals surface area contributed by atoms with E-state index in [2.05, 4.69) is 16.9 Å². The van der Waals surface area contributed by atoms with E-state index in [0.717, 1.165) is 30.0 Å². The van der Waals surface area contributed by atoms with Gasteiger partial charge in [-0.3, -0.25) is 4.79 Å². The third-order valence-electron chi connectivity index (χ3n) is 3.27. The fraction of sp³-hybridized carbons (Fsp3) is 0.533. The predicted octanol–water partition coefficient (Wildman–Crippen LogP) is 2.90. The second kappa shape index (κ2) is 6.50. The van der Waals surface area contributed by atoms with Gasteiger partial charge in [-0.25, -0.2) is 9.97 Å². The molecule has 5 nitrogen and oxygen atoms in total. The van der Waals surface area contributed by atoms with Gasteiger partial charge in [0.2, 0.25) is 0 Å². The van der Waals surface area contributed by atoms with Crippen LogP contribution in [0.25, 0.3) is 11.2 Å². The first-order chi connectivity index (χ1) is 9.72. The Kier molecular flexibility index (Phi) is 4.71. The second-order valence-corrected chi connectivity index (χ2v) is 4.68. The Hall–Kier alpha value is -1.91. The highest BCUT2D eigenvalue weighted by molar-refractivity contribution is 5.79. The molecule has 0 aromatic carbocycles. The number of aromatic nitrogens is 3. The lowest BCUT2D eigenvalue weighted by Crippen LogP contribution is -2.20. The van der Waals surface area contributed by atoms with Crippen LogP contribution in [-0.4, -0.2) is 27.1 Å². The van der Waals surface area contributed by atoms with Gasteiger partial charge in [-0.2, -0.15) is 0 Å². The van der Waals surface area contributed by atoms with E-state index in [0.29, 0.717) is 13.0 Å². The van der Waals surface area contributed by atoms with E-state index in [1.807, 2.05) is 30.5 Å². The first-order valence-electron chi connectivity index (χ1n) is 7.20. The molecule has 1 unspecified atom stereocenters. The highest BCUT2D eigenvalue weighted by atomic mass is 16.5. The Balaban J connectivity index is 2.50. The Morgan fingerprint density at radius 2 is 2.20 bits per heavy atom. The van der Waals surface area contributed by atoms with Crippen molar-refractivity contribution >= 4 is 17.1 Å². The average Bonchev–Trinajstić information content (AvgIpc) is 2.80. The lowest BCUT2D eigenvalue weighted by Gasteiger charge is -2.15. The normalized spacial score (nSPS) is 12.6. The molecule has 20 heavy (non-hydrogen) atoms. The molecule has 5 heteroatoms. The Bertz CT molecular complexity index is 592. The zero-order valence-corrected chi connectivity index (χ0v) is 12.3. The summed E-state index contributed by atoms with van der Waals surface area (Å²) in [6.07, 6.45) is 3.39. The molecule has 0 saturated carbocycles. The van der Waals surface area contributed by atoms with Gasteiger partial charge in [0, 0.05) is 12.7 Å². The number of hydrogen-bond donors (Lipinski definition) is 0. The van der Waals surface area contributed by atoms with Crippen LogP contribution in [0.2, 0.25) is 0 Å². The average molecular weight is 275 g/mol. The summed E-state index contributed by atoms with van der Waals surface area (Å²) < 4.78 is 7.21. The molecular formula is C15H21N3O2. The number of nitrogens with zero attached hydrogens (tertiary/aromatic N) is 3. The number of imidazole rings is 1. The first kappa shape index (κ1) is 14.5. The highest BCUT2D eigenvalue weighted by Gasteiger charge is 2.26. The summed E-state index contributed by atoms with van der Waals surface area (Å²) >= 11 is 0. The van der Waals surface area contributed by atoms with Gasteiger partial charge in [-0.15, -0.1) is 0 Å². The number of carbonyl (C=O) groups excluding carboxylic acids is 1. The number of aryl methyl sites for hydroxylation is 1. The van der Waals surface area contributed by atoms with Gasteiger partial charge < -0.3 is 9.30 Å². The van der Waals surface area contributed by atoms with E-state index < -0.39 is 0 Å². The molecule has 0 saturated heterocycles. The molecule has 2 rings (SSSR count). The summed E-state index contributed by atoms with van der Waals surface area (Å²) in [6.45, 7) is 7.09. The minimum Gasteiger partial charge on any atom is -0.465 e. The molecule has 2 heterocycles. The standard InChI is InChI=1S/C15H21N3O2/c1-4-10-18-13(11(5-2)15(19)20-6-3)17-12-8-7-9-16-14(12)18/h7-9,11H,4-6,10H2,1-3H3. The van der Waals surface area contributed by atoms with E-state index in [-0.39, 0.29) is 11.9 Å². The monoisotopic (exact) mass is 275 g/mol. The van der Waals surface area contributed by atoms with Crippen LogP contribution in [0.15, 0.2) is 18.3 Å². The van der Waals surface area contributed by atoms with Crippen molar-refractivity contribution < 1.29 is 9.53 Å². The fourth-order valence-corrected chi connectivity index (χ4v) is 2.38. The maximum absolute atomic E-state index is 12.1. The molecule has 0 amide bonds. The van der Waals surface area contributed by atoms with Crippen molar-refractivity contribution in [1.82, 2.24) is 14.5 Å². The van der Waals surface area contributed by atoms with Crippen molar-refractivity contribution in [2.75, 3.05) is 6.61 Å². The lowest BCUT2D eigenvalue weighted by molar-refractivity contribution is -0.145. The number of hydrogen-bond acceptors (Lipinski definition) is 4. The molecule has 2 aromatic rings. The molecule has 2 aromatic heterocycles. The maximum Gasteiger partial charge on any atom is 0.316 e. The summed E-state index contributed by atoms with van der Waals surface area (Å²) in [4.78, 5) is 21.1. The van der Waals surface area contributed by atoms with E-state index >= 15 is 0 Å². The van der Waals surface area contributed by atoms with E-state index in [4.69, 9.17) is 4.74 Å². The lowest BCUT2D eigenvalue weighted by atomic mass is 10.1. The predicted molar refractivity (Wildman–Crippen MR) is 77.5 cm³/mol. The van der Waals surface area contributed by atoms with Gasteiger partial charge >= 0.3 is 5.97 Å². The number of ether oxygens (including phenoxy) is 1. The molecule has 0 N–H and O–H groups in total. The van der Waals surface area contributed by atoms with Crippen molar-refractivity contribution in [3.63, 3.8) is 0 Å². The SMILES string of the molecule is CCCn1c(C(CC)C(=O)OCC)nc2cccnc21. The van der Waals surface area contributed by atoms with Gasteiger partial charge in [0.1, 0.15) is 17.3 Å². The first-order valence-corrected chi connectivity index (χ1v) is 7.20. The summed E-state index contributed by atoms with van der Waals surface area (Å²) in [5.74, 6) is 0.236. The summed E-state index contributed by atoms with van der Waals surface area (Å²) in [5.41, 5.74) is 1.67. The molecule has 0 aliphatic carbocycles. The molecule has 0 bridgehead atoms. The molecule has 0 aliphatic heterocycles. The van der Waals surface area contributed by atoms with Crippen LogP contribution in [0.5, 0.6) is 0 Å². The van der Waals surface area contributed by atoms with Crippen molar-refractivity contribution in [3.8, 4) is 0 Å². The maximum atomic E-state index is 12.1. The highest BCUT2D eigenvalue weighted by Crippen LogP contribution is 2.24. The van der Waals surface area contributed by atoms with Gasteiger partial charge in [0.25, 0.3) is 0 Å². The zero-order chi connectivity index (χ0) is 14.5. The van der Waals surface area contributed by atoms with Crippen molar-refractivity contribution in [3.05, 3.63) is 24.2 Å². The number of esters is 1. The van der Waals surface area contributed by atoms with Crippen LogP contribution in [-0.2, 0) is 16.1 Å². The summed E-state index contributed by atoms with van der Waals surface area (Å²) in [6, 6.07) is 3.79. The Labute approximate surface area is 119 Å². The third-order valence-corrected chi connectivity index (χ3v) is 3.27. The van der Waals surface area contributed by atoms with Gasteiger partial charge in [0.05, 0.1) is 6.61 Å². The molecule has 0 radical (unpaired) electrons. The smallest absolute Gasteiger partial charge is 0.316 e. The molecule has 0 fully saturated rings. The zero-order valence-electron chi connectivity index (χ0n) is 12.3. The molecule has 1 atom stereocenters. The van der Waals surface area contributed by atoms with Crippen LogP contribution in [0.1, 0.15) is 45.4 Å². The summed E-state index contributed by atoms with van der Waals surface area (Å²) in [5, 5.41) is 0. The molecule has 0 spiro atoms. The van der Waals surface area contributed by atoms with Crippen LogP contribution in [0.4, 0.5) is 0 Å². The van der Waals surface area contributed by atoms with Crippen molar-refractivity contribution in [2.45, 2.75) is 46.1 Å². The number of pyridine rings is 1. The van der Waals surface area contributed by atoms with Crippen molar-refractivity contribution in [1.29, 1.82) is 0 Å². The molecule has 108 valence electrons. The van der Waals surface area contributed by atoms with E-state index in [1.165, 1.54) is 0 Å². The van der Waals surface area contributed by atoms with Crippen LogP contribution >= 0.6 is 0 Å². The molecule has 0 aliphatic rings. The van der Waals surface area contributed by atoms with Gasteiger partial charge in [-0.1, -0.05) is 13.8 Å². The quantitative estimate of drug-likeness (QED) is 0.761. The second-order valence-electron chi connectivity index (χ2n) is 4.68. The summed E-state index contributed by atoms with van der Waals surface area (Å²) in [7, 11) is 0. The minimum absolute atomic E-state index is 0.206. The van der Waals surface area contributed by atoms with Crippen LogP contribution in [0, 0.1) is 0 Å². The van der Waals surface area contributed by atoms with Crippen LogP contribution in [0.3, 0.4) is 0 Å². The van der Waals surface area contributed by atoms with Crippen molar-refractivity contribution in [2.24, 2.45) is 0 Å². The Morgan fingerprint density at radius 1 is 1.40 bits per heavy atom. The third kappa shape index (κ3) is 2.66. The Morgan fingerprint density at radius 3 is 2.85 bits per heavy atom. The minimum atomic E-state index is -0.323. The largest absolute Gasteiger partial charge is 0.465 e. The number of fused-ring (bicyclic) bond motifs is 1. The van der Waals surface area contributed by atoms with Gasteiger partial charge in [0.15, 0.2) is 5.65 Å². The fourth-order valence-electron chi connectivity index (χ4n) is 2.38. The van der Waals surface area contributed by atoms with E-state index in [1.54, 1.807) is 6.20 Å². The van der Waals surface area contributed by atoms with Gasteiger partial charge in [-0.05, 0) is 31.9 Å². The number of carbonyl (C=O) groups is 1. The topological polar surface area (TPSA) is 57.0 Å². The van der Waals surface area contributed by atoms with E-state index in [9.17, 15) is 4.79 Å². The number of rotatable bonds is 6. The molecular weight excluding hydrogens is 254 g/mol.